The largest absolute Gasteiger partial charge is 0.296 e. The highest BCUT2D eigenvalue weighted by atomic mass is 35.5. The number of hydrogen-bond donors (Lipinski definition) is 1. The molecule has 1 aliphatic carbocycles. The van der Waals surface area contributed by atoms with Gasteiger partial charge in [-0.2, -0.15) is 0 Å². The van der Waals surface area contributed by atoms with E-state index in [1.807, 2.05) is 0 Å². The van der Waals surface area contributed by atoms with E-state index in [0.717, 1.165) is 38.8 Å². The summed E-state index contributed by atoms with van der Waals surface area (Å²) in [5.74, 6) is 0. The van der Waals surface area contributed by atoms with Gasteiger partial charge in [0, 0.05) is 19.1 Å². The molecule has 0 spiro atoms. The molecule has 4 rings (SSSR count). The Balaban J connectivity index is 1.29. The minimum Gasteiger partial charge on any atom is -0.296 e. The molecule has 156 valence electrons. The Morgan fingerprint density at radius 3 is 2.52 bits per heavy atom. The molecule has 0 radical (unpaired) electrons. The molecule has 8 heteroatoms. The maximum atomic E-state index is 12.5. The lowest BCUT2D eigenvalue weighted by Gasteiger charge is -2.35. The molecule has 1 heterocycles. The van der Waals surface area contributed by atoms with E-state index in [1.165, 1.54) is 29.7 Å². The second kappa shape index (κ2) is 8.74. The molecule has 1 unspecified atom stereocenters. The van der Waals surface area contributed by atoms with Crippen molar-refractivity contribution in [2.45, 2.75) is 43.0 Å². The van der Waals surface area contributed by atoms with E-state index in [1.54, 1.807) is 5.56 Å². The van der Waals surface area contributed by atoms with Crippen LogP contribution in [0.2, 0.25) is 15.1 Å². The Kier molecular flexibility index (Phi) is 6.45. The number of rotatable bonds is 7. The standard InChI is InChI=1S/C21H23Cl3N2O2S/c22-16-12-18(24)20(13-17(16)23)29(27,28)25-9-1-2-10-26-11-8-15-5-3-4-14-6-7-19(26)21(14)15/h3-5,12-13,19,25H,1-2,6-11H2. The van der Waals surface area contributed by atoms with E-state index in [9.17, 15) is 8.42 Å². The number of aryl methyl sites for hydroxylation is 1. The molecule has 1 N–H and O–H groups in total. The summed E-state index contributed by atoms with van der Waals surface area (Å²) >= 11 is 17.9. The van der Waals surface area contributed by atoms with Gasteiger partial charge in [0.15, 0.2) is 0 Å². The zero-order valence-corrected chi connectivity index (χ0v) is 19.0. The molecule has 1 aliphatic heterocycles. The molecule has 0 aromatic heterocycles. The van der Waals surface area contributed by atoms with Gasteiger partial charge in [-0.1, -0.05) is 53.0 Å². The summed E-state index contributed by atoms with van der Waals surface area (Å²) in [7, 11) is -3.72. The van der Waals surface area contributed by atoms with Crippen molar-refractivity contribution in [2.24, 2.45) is 0 Å². The summed E-state index contributed by atoms with van der Waals surface area (Å²) in [6.45, 7) is 2.42. The number of hydrogen-bond acceptors (Lipinski definition) is 3. The smallest absolute Gasteiger partial charge is 0.242 e. The van der Waals surface area contributed by atoms with Crippen molar-refractivity contribution in [1.82, 2.24) is 9.62 Å². The van der Waals surface area contributed by atoms with Crippen LogP contribution in [0.5, 0.6) is 0 Å². The molecule has 2 aliphatic rings. The zero-order chi connectivity index (χ0) is 20.6. The molecule has 29 heavy (non-hydrogen) atoms. The first-order chi connectivity index (χ1) is 13.9. The summed E-state index contributed by atoms with van der Waals surface area (Å²) < 4.78 is 27.7. The highest BCUT2D eigenvalue weighted by Gasteiger charge is 2.32. The van der Waals surface area contributed by atoms with Gasteiger partial charge in [0.1, 0.15) is 4.90 Å². The quantitative estimate of drug-likeness (QED) is 0.441. The van der Waals surface area contributed by atoms with Crippen LogP contribution in [0.4, 0.5) is 0 Å². The highest BCUT2D eigenvalue weighted by molar-refractivity contribution is 7.89. The van der Waals surface area contributed by atoms with Crippen molar-refractivity contribution in [3.05, 3.63) is 62.1 Å². The molecule has 4 nitrogen and oxygen atoms in total. The van der Waals surface area contributed by atoms with Crippen LogP contribution in [0.1, 0.15) is 42.0 Å². The van der Waals surface area contributed by atoms with E-state index in [0.29, 0.717) is 12.6 Å². The monoisotopic (exact) mass is 472 g/mol. The molecule has 0 saturated heterocycles. The normalized spacial score (nSPS) is 18.8. The Labute approximate surface area is 187 Å². The fraction of sp³-hybridized carbons (Fsp3) is 0.429. The van der Waals surface area contributed by atoms with Gasteiger partial charge in [-0.25, -0.2) is 13.1 Å². The molecular weight excluding hydrogens is 451 g/mol. The van der Waals surface area contributed by atoms with Crippen LogP contribution in [0.25, 0.3) is 0 Å². The fourth-order valence-electron chi connectivity index (χ4n) is 4.45. The third-order valence-electron chi connectivity index (χ3n) is 5.84. The van der Waals surface area contributed by atoms with Crippen LogP contribution in [-0.4, -0.2) is 33.0 Å². The van der Waals surface area contributed by atoms with E-state index in [-0.39, 0.29) is 20.0 Å². The molecular formula is C21H23Cl3N2O2S. The molecule has 0 saturated carbocycles. The van der Waals surface area contributed by atoms with Crippen LogP contribution in [-0.2, 0) is 22.9 Å². The average molecular weight is 474 g/mol. The molecule has 0 bridgehead atoms. The SMILES string of the molecule is O=S(=O)(NCCCCN1CCc2cccc3c2C1CC3)c1cc(Cl)c(Cl)cc1Cl. The zero-order valence-electron chi connectivity index (χ0n) is 15.9. The van der Waals surface area contributed by atoms with E-state index < -0.39 is 10.0 Å². The van der Waals surface area contributed by atoms with E-state index in [4.69, 9.17) is 34.8 Å². The predicted molar refractivity (Wildman–Crippen MR) is 119 cm³/mol. The minimum atomic E-state index is -3.72. The van der Waals surface area contributed by atoms with Crippen LogP contribution in [0.3, 0.4) is 0 Å². The topological polar surface area (TPSA) is 49.4 Å². The van der Waals surface area contributed by atoms with E-state index in [2.05, 4.69) is 27.8 Å². The van der Waals surface area contributed by atoms with Gasteiger partial charge in [0.2, 0.25) is 10.0 Å². The number of sulfonamides is 1. The van der Waals surface area contributed by atoms with Gasteiger partial charge in [-0.3, -0.25) is 4.90 Å². The predicted octanol–water partition coefficient (Wildman–Crippen LogP) is 5.25. The van der Waals surface area contributed by atoms with Gasteiger partial charge in [-0.15, -0.1) is 0 Å². The second-order valence-electron chi connectivity index (χ2n) is 7.63. The molecule has 2 aromatic carbocycles. The number of nitrogens with one attached hydrogen (secondary N) is 1. The fourth-order valence-corrected chi connectivity index (χ4v) is 6.53. The third kappa shape index (κ3) is 4.46. The Hall–Kier alpha value is -0.820. The molecule has 1 atom stereocenters. The van der Waals surface area contributed by atoms with E-state index >= 15 is 0 Å². The Morgan fingerprint density at radius 2 is 1.72 bits per heavy atom. The van der Waals surface area contributed by atoms with Crippen molar-refractivity contribution in [3.8, 4) is 0 Å². The number of nitrogens with zero attached hydrogens (tertiary/aromatic N) is 1. The first-order valence-corrected chi connectivity index (χ1v) is 12.5. The second-order valence-corrected chi connectivity index (χ2v) is 10.6. The van der Waals surface area contributed by atoms with Crippen LogP contribution in [0, 0.1) is 0 Å². The van der Waals surface area contributed by atoms with Crippen molar-refractivity contribution >= 4 is 44.8 Å². The minimum absolute atomic E-state index is 0.0420. The first kappa shape index (κ1) is 21.4. The summed E-state index contributed by atoms with van der Waals surface area (Å²) in [5.41, 5.74) is 4.56. The summed E-state index contributed by atoms with van der Waals surface area (Å²) in [6, 6.07) is 9.87. The number of unbranched alkanes of at least 4 members (excludes halogenated alkanes) is 1. The van der Waals surface area contributed by atoms with Crippen molar-refractivity contribution in [1.29, 1.82) is 0 Å². The summed E-state index contributed by atoms with van der Waals surface area (Å²) in [6.07, 6.45) is 5.15. The van der Waals surface area contributed by atoms with Crippen LogP contribution < -0.4 is 4.72 Å². The van der Waals surface area contributed by atoms with Crippen molar-refractivity contribution < 1.29 is 8.42 Å². The van der Waals surface area contributed by atoms with Gasteiger partial charge in [0.05, 0.1) is 15.1 Å². The lowest BCUT2D eigenvalue weighted by molar-refractivity contribution is 0.182. The summed E-state index contributed by atoms with van der Waals surface area (Å²) in [5, 5.41) is 0.461. The maximum absolute atomic E-state index is 12.5. The van der Waals surface area contributed by atoms with Crippen molar-refractivity contribution in [3.63, 3.8) is 0 Å². The lowest BCUT2D eigenvalue weighted by Crippen LogP contribution is -2.35. The third-order valence-corrected chi connectivity index (χ3v) is 8.49. The van der Waals surface area contributed by atoms with Gasteiger partial charge in [-0.05, 0) is 67.5 Å². The summed E-state index contributed by atoms with van der Waals surface area (Å²) in [4.78, 5) is 2.52. The van der Waals surface area contributed by atoms with Gasteiger partial charge >= 0.3 is 0 Å². The van der Waals surface area contributed by atoms with Crippen LogP contribution in [0.15, 0.2) is 35.2 Å². The van der Waals surface area contributed by atoms with Gasteiger partial charge in [0.25, 0.3) is 0 Å². The number of halogens is 3. The Morgan fingerprint density at radius 1 is 1.00 bits per heavy atom. The molecule has 2 aromatic rings. The average Bonchev–Trinajstić information content (AvgIpc) is 3.12. The lowest BCUT2D eigenvalue weighted by atomic mass is 9.93. The Bertz CT molecular complexity index is 1030. The van der Waals surface area contributed by atoms with Crippen LogP contribution >= 0.6 is 34.8 Å². The molecule has 0 fully saturated rings. The number of benzene rings is 2. The maximum Gasteiger partial charge on any atom is 0.242 e. The van der Waals surface area contributed by atoms with Crippen molar-refractivity contribution in [2.75, 3.05) is 19.6 Å². The highest BCUT2D eigenvalue weighted by Crippen LogP contribution is 2.41. The first-order valence-electron chi connectivity index (χ1n) is 9.86. The van der Waals surface area contributed by atoms with Gasteiger partial charge < -0.3 is 0 Å². The molecule has 0 amide bonds.